The van der Waals surface area contributed by atoms with E-state index in [1.807, 2.05) is 0 Å². The summed E-state index contributed by atoms with van der Waals surface area (Å²) < 4.78 is 36.4. The van der Waals surface area contributed by atoms with Crippen LogP contribution in [-0.2, 0) is 16.4 Å². The summed E-state index contributed by atoms with van der Waals surface area (Å²) in [6.45, 7) is 0.137. The van der Waals surface area contributed by atoms with Crippen molar-refractivity contribution in [2.24, 2.45) is 0 Å². The highest BCUT2D eigenvalue weighted by atomic mass is 35.5. The Bertz CT molecular complexity index is 735. The monoisotopic (exact) mass is 314 g/mol. The minimum Gasteiger partial charge on any atom is -0.366 e. The molecule has 1 heterocycles. The van der Waals surface area contributed by atoms with Crippen molar-refractivity contribution in [3.63, 3.8) is 0 Å². The standard InChI is InChI=1S/C13H12ClFN2O2S/c1-20(18,19)11-5-2-4-10(14)9(11)8-16-13-7-3-6-12(15)17-13/h2-7H,8H2,1H3,(H,16,17). The summed E-state index contributed by atoms with van der Waals surface area (Å²) in [4.78, 5) is 3.79. The molecular formula is C13H12ClFN2O2S. The molecule has 0 radical (unpaired) electrons. The normalized spacial score (nSPS) is 11.3. The van der Waals surface area contributed by atoms with Crippen LogP contribution in [0.2, 0.25) is 5.02 Å². The fourth-order valence-corrected chi connectivity index (χ4v) is 3.00. The van der Waals surface area contributed by atoms with Gasteiger partial charge in [0.15, 0.2) is 9.84 Å². The van der Waals surface area contributed by atoms with Crippen LogP contribution in [0, 0.1) is 5.95 Å². The minimum atomic E-state index is -3.39. The Morgan fingerprint density at radius 3 is 2.60 bits per heavy atom. The van der Waals surface area contributed by atoms with Gasteiger partial charge in [-0.1, -0.05) is 23.7 Å². The number of sulfone groups is 1. The molecule has 1 aromatic heterocycles. The van der Waals surface area contributed by atoms with Gasteiger partial charge in [0.1, 0.15) is 5.82 Å². The van der Waals surface area contributed by atoms with Crippen molar-refractivity contribution in [3.8, 4) is 0 Å². The largest absolute Gasteiger partial charge is 0.366 e. The van der Waals surface area contributed by atoms with E-state index in [0.717, 1.165) is 6.26 Å². The van der Waals surface area contributed by atoms with Crippen LogP contribution in [0.5, 0.6) is 0 Å². The number of rotatable bonds is 4. The van der Waals surface area contributed by atoms with Crippen molar-refractivity contribution in [2.45, 2.75) is 11.4 Å². The van der Waals surface area contributed by atoms with Crippen LogP contribution in [0.15, 0.2) is 41.3 Å². The average molecular weight is 315 g/mol. The lowest BCUT2D eigenvalue weighted by molar-refractivity contribution is 0.584. The van der Waals surface area contributed by atoms with Gasteiger partial charge in [-0.25, -0.2) is 13.4 Å². The summed E-state index contributed by atoms with van der Waals surface area (Å²) in [6, 6.07) is 8.98. The van der Waals surface area contributed by atoms with Crippen molar-refractivity contribution < 1.29 is 12.8 Å². The van der Waals surface area contributed by atoms with Gasteiger partial charge in [-0.05, 0) is 24.3 Å². The van der Waals surface area contributed by atoms with E-state index in [9.17, 15) is 12.8 Å². The number of nitrogens with zero attached hydrogens (tertiary/aromatic N) is 1. The second-order valence-corrected chi connectivity index (χ2v) is 6.58. The third kappa shape index (κ3) is 3.46. The van der Waals surface area contributed by atoms with Crippen LogP contribution >= 0.6 is 11.6 Å². The van der Waals surface area contributed by atoms with Crippen LogP contribution in [0.1, 0.15) is 5.56 Å². The maximum absolute atomic E-state index is 13.0. The third-order valence-electron chi connectivity index (χ3n) is 2.64. The van der Waals surface area contributed by atoms with Crippen LogP contribution in [0.25, 0.3) is 0 Å². The molecule has 2 rings (SSSR count). The molecule has 7 heteroatoms. The molecule has 0 fully saturated rings. The molecule has 0 unspecified atom stereocenters. The first-order valence-corrected chi connectivity index (χ1v) is 7.99. The highest BCUT2D eigenvalue weighted by molar-refractivity contribution is 7.90. The Morgan fingerprint density at radius 1 is 1.25 bits per heavy atom. The molecule has 4 nitrogen and oxygen atoms in total. The molecule has 2 aromatic rings. The van der Waals surface area contributed by atoms with E-state index < -0.39 is 15.8 Å². The molecule has 0 bridgehead atoms. The highest BCUT2D eigenvalue weighted by Gasteiger charge is 2.15. The number of pyridine rings is 1. The number of benzene rings is 1. The zero-order valence-electron chi connectivity index (χ0n) is 10.6. The molecule has 106 valence electrons. The van der Waals surface area contributed by atoms with Crippen molar-refractivity contribution >= 4 is 27.3 Å². The maximum Gasteiger partial charge on any atom is 0.214 e. The predicted molar refractivity (Wildman–Crippen MR) is 76.1 cm³/mol. The van der Waals surface area contributed by atoms with Gasteiger partial charge in [0.05, 0.1) is 4.90 Å². The van der Waals surface area contributed by atoms with Crippen LogP contribution in [0.4, 0.5) is 10.2 Å². The molecule has 0 aliphatic heterocycles. The van der Waals surface area contributed by atoms with Gasteiger partial charge in [0.25, 0.3) is 0 Å². The fraction of sp³-hybridized carbons (Fsp3) is 0.154. The Labute approximate surface area is 121 Å². The van der Waals surface area contributed by atoms with E-state index in [1.165, 1.54) is 18.2 Å². The highest BCUT2D eigenvalue weighted by Crippen LogP contribution is 2.24. The zero-order valence-corrected chi connectivity index (χ0v) is 12.2. The average Bonchev–Trinajstić information content (AvgIpc) is 2.36. The van der Waals surface area contributed by atoms with Gasteiger partial charge in [-0.2, -0.15) is 4.39 Å². The van der Waals surface area contributed by atoms with Gasteiger partial charge >= 0.3 is 0 Å². The lowest BCUT2D eigenvalue weighted by Gasteiger charge is -2.11. The van der Waals surface area contributed by atoms with E-state index >= 15 is 0 Å². The molecular weight excluding hydrogens is 303 g/mol. The van der Waals surface area contributed by atoms with Gasteiger partial charge in [0.2, 0.25) is 5.95 Å². The van der Waals surface area contributed by atoms with Gasteiger partial charge in [-0.3, -0.25) is 0 Å². The van der Waals surface area contributed by atoms with Crippen LogP contribution < -0.4 is 5.32 Å². The first-order chi connectivity index (χ1) is 9.38. The molecule has 0 amide bonds. The maximum atomic E-state index is 13.0. The van der Waals surface area contributed by atoms with E-state index in [-0.39, 0.29) is 11.4 Å². The molecule has 1 aromatic carbocycles. The van der Waals surface area contributed by atoms with E-state index in [4.69, 9.17) is 11.6 Å². The molecule has 0 aliphatic carbocycles. The van der Waals surface area contributed by atoms with Crippen LogP contribution in [-0.4, -0.2) is 19.7 Å². The van der Waals surface area contributed by atoms with E-state index in [1.54, 1.807) is 18.2 Å². The Kier molecular flexibility index (Phi) is 4.25. The lowest BCUT2D eigenvalue weighted by Crippen LogP contribution is -2.08. The SMILES string of the molecule is CS(=O)(=O)c1cccc(Cl)c1CNc1cccc(F)n1. The first-order valence-electron chi connectivity index (χ1n) is 5.72. The van der Waals surface area contributed by atoms with Crippen molar-refractivity contribution in [1.82, 2.24) is 4.98 Å². The molecule has 20 heavy (non-hydrogen) atoms. The summed E-state index contributed by atoms with van der Waals surface area (Å²) in [7, 11) is -3.39. The zero-order chi connectivity index (χ0) is 14.8. The second kappa shape index (κ2) is 5.76. The summed E-state index contributed by atoms with van der Waals surface area (Å²) in [5.41, 5.74) is 0.433. The summed E-state index contributed by atoms with van der Waals surface area (Å²) in [6.07, 6.45) is 1.11. The summed E-state index contributed by atoms with van der Waals surface area (Å²) in [5, 5.41) is 3.19. The lowest BCUT2D eigenvalue weighted by atomic mass is 10.2. The number of hydrogen-bond donors (Lipinski definition) is 1. The molecule has 0 atom stereocenters. The number of aromatic nitrogens is 1. The van der Waals surface area contributed by atoms with Gasteiger partial charge < -0.3 is 5.32 Å². The van der Waals surface area contributed by atoms with Crippen LogP contribution in [0.3, 0.4) is 0 Å². The van der Waals surface area contributed by atoms with Crippen molar-refractivity contribution in [1.29, 1.82) is 0 Å². The topological polar surface area (TPSA) is 59.1 Å². The molecule has 1 N–H and O–H groups in total. The van der Waals surface area contributed by atoms with E-state index in [0.29, 0.717) is 16.4 Å². The van der Waals surface area contributed by atoms with Crippen molar-refractivity contribution in [3.05, 3.63) is 52.9 Å². The number of halogens is 2. The second-order valence-electron chi connectivity index (χ2n) is 4.19. The summed E-state index contributed by atoms with van der Waals surface area (Å²) >= 11 is 6.03. The molecule has 0 spiro atoms. The summed E-state index contributed by atoms with van der Waals surface area (Å²) in [5.74, 6) is -0.304. The Hall–Kier alpha value is -1.66. The van der Waals surface area contributed by atoms with E-state index in [2.05, 4.69) is 10.3 Å². The first kappa shape index (κ1) is 14.7. The Balaban J connectivity index is 2.30. The quantitative estimate of drug-likeness (QED) is 0.882. The van der Waals surface area contributed by atoms with Crippen molar-refractivity contribution in [2.75, 3.05) is 11.6 Å². The van der Waals surface area contributed by atoms with Gasteiger partial charge in [-0.15, -0.1) is 0 Å². The number of hydrogen-bond acceptors (Lipinski definition) is 4. The van der Waals surface area contributed by atoms with Gasteiger partial charge in [0, 0.05) is 23.4 Å². The number of nitrogens with one attached hydrogen (secondary N) is 1. The number of anilines is 1. The smallest absolute Gasteiger partial charge is 0.214 e. The molecule has 0 saturated carbocycles. The Morgan fingerprint density at radius 2 is 1.95 bits per heavy atom. The molecule has 0 saturated heterocycles. The third-order valence-corrected chi connectivity index (χ3v) is 4.17. The predicted octanol–water partition coefficient (Wildman–Crippen LogP) is 2.89. The molecule has 0 aliphatic rings. The fourth-order valence-electron chi connectivity index (χ4n) is 1.74. The minimum absolute atomic E-state index is 0.137.